The van der Waals surface area contributed by atoms with Gasteiger partial charge >= 0.3 is 5.97 Å². The molecule has 8 N–H and O–H groups in total. The van der Waals surface area contributed by atoms with Gasteiger partial charge < -0.3 is 32.6 Å². The zero-order valence-electron chi connectivity index (χ0n) is 19.7. The summed E-state index contributed by atoms with van der Waals surface area (Å²) in [6.07, 6.45) is 0. The number of aromatic nitrogens is 5. The van der Waals surface area contributed by atoms with Crippen molar-refractivity contribution in [3.63, 3.8) is 0 Å². The Hall–Kier alpha value is -3.91. The minimum Gasteiger partial charge on any atom is -0.477 e. The van der Waals surface area contributed by atoms with Crippen LogP contribution in [0.15, 0.2) is 27.0 Å². The van der Waals surface area contributed by atoms with Gasteiger partial charge in [-0.1, -0.05) is 22.0 Å². The van der Waals surface area contributed by atoms with Crippen LogP contribution >= 0.6 is 34.9 Å². The molecule has 0 saturated carbocycles. The number of aliphatic carboxylic acids is 1. The van der Waals surface area contributed by atoms with Gasteiger partial charge in [0.1, 0.15) is 22.8 Å². The van der Waals surface area contributed by atoms with Crippen LogP contribution in [0.3, 0.4) is 0 Å². The van der Waals surface area contributed by atoms with E-state index < -0.39 is 40.7 Å². The Morgan fingerprint density at radius 2 is 2.13 bits per heavy atom. The molecule has 38 heavy (non-hydrogen) atoms. The van der Waals surface area contributed by atoms with Gasteiger partial charge in [-0.3, -0.25) is 19.3 Å². The van der Waals surface area contributed by atoms with Gasteiger partial charge in [0.05, 0.1) is 0 Å². The number of primary amides is 1. The van der Waals surface area contributed by atoms with E-state index in [2.05, 4.69) is 31.0 Å². The van der Waals surface area contributed by atoms with Gasteiger partial charge in [-0.05, 0) is 29.8 Å². The molecular formula is C18H21N11O6S3. The van der Waals surface area contributed by atoms with Crippen molar-refractivity contribution in [2.45, 2.75) is 36.0 Å². The first-order valence-corrected chi connectivity index (χ1v) is 13.5. The maximum absolute atomic E-state index is 13.1. The summed E-state index contributed by atoms with van der Waals surface area (Å²) in [6.45, 7) is 2.72. The van der Waals surface area contributed by atoms with Crippen LogP contribution in [0.5, 0.6) is 0 Å². The lowest BCUT2D eigenvalue weighted by molar-refractivity contribution is -0.150. The summed E-state index contributed by atoms with van der Waals surface area (Å²) in [7, 11) is 0. The Bertz CT molecular complexity index is 1370. The number of fused-ring (bicyclic) bond motifs is 1. The monoisotopic (exact) mass is 583 g/mol. The van der Waals surface area contributed by atoms with Gasteiger partial charge in [0, 0.05) is 16.9 Å². The number of carboxylic acids is 1. The van der Waals surface area contributed by atoms with Gasteiger partial charge in [-0.15, -0.1) is 27.9 Å². The largest absolute Gasteiger partial charge is 0.477 e. The standard InChI is InChI=1S/C18H21N11O6S3/c1-18(2,15(19)34)35-25-8(7-5-37-16(20)22-7)11(30)23-9-12(31)28-10(14(32)33)6(3-36-13(9)28)4-38-17-24-26-27-29(17)21/h5,9,13H,3-4,21H2,1-2H3,(H2,19,34)(H2,20,22)(H,23,30)(H,32,33)/b25-8-/t9-,13+/m1/s1. The Kier molecular flexibility index (Phi) is 7.47. The summed E-state index contributed by atoms with van der Waals surface area (Å²) < 4.78 is 0. The molecule has 0 spiro atoms. The van der Waals surface area contributed by atoms with E-state index in [-0.39, 0.29) is 38.9 Å². The van der Waals surface area contributed by atoms with E-state index >= 15 is 0 Å². The molecule has 0 unspecified atom stereocenters. The van der Waals surface area contributed by atoms with Crippen LogP contribution in [0, 0.1) is 0 Å². The van der Waals surface area contributed by atoms with Gasteiger partial charge in [-0.2, -0.15) is 0 Å². The van der Waals surface area contributed by atoms with Crippen molar-refractivity contribution < 1.29 is 29.1 Å². The Morgan fingerprint density at radius 3 is 2.71 bits per heavy atom. The first-order chi connectivity index (χ1) is 17.9. The number of nitrogens with zero attached hydrogens (tertiary/aromatic N) is 7. The normalized spacial score (nSPS) is 19.6. The lowest BCUT2D eigenvalue weighted by Gasteiger charge is -2.49. The van der Waals surface area contributed by atoms with Gasteiger partial charge in [-0.25, -0.2) is 9.78 Å². The number of carbonyl (C=O) groups is 4. The predicted octanol–water partition coefficient (Wildman–Crippen LogP) is -2.06. The van der Waals surface area contributed by atoms with E-state index in [1.165, 1.54) is 31.0 Å². The number of β-lactam (4-membered cyclic amide) rings is 1. The Labute approximate surface area is 226 Å². The molecule has 0 radical (unpaired) electrons. The van der Waals surface area contributed by atoms with E-state index in [1.54, 1.807) is 0 Å². The maximum Gasteiger partial charge on any atom is 0.352 e. The third-order valence-electron chi connectivity index (χ3n) is 5.31. The number of nitrogens with one attached hydrogen (secondary N) is 1. The number of thiazole rings is 1. The van der Waals surface area contributed by atoms with Crippen molar-refractivity contribution in [3.05, 3.63) is 22.3 Å². The molecule has 2 atom stereocenters. The van der Waals surface area contributed by atoms with Crippen molar-refractivity contribution in [3.8, 4) is 0 Å². The number of anilines is 1. The highest BCUT2D eigenvalue weighted by atomic mass is 32.2. The highest BCUT2D eigenvalue weighted by Crippen LogP contribution is 2.41. The molecule has 17 nitrogen and oxygen atoms in total. The third kappa shape index (κ3) is 5.22. The van der Waals surface area contributed by atoms with Gasteiger partial charge in [0.2, 0.25) is 10.8 Å². The molecule has 1 fully saturated rings. The number of carboxylic acid groups (broad SMARTS) is 1. The van der Waals surface area contributed by atoms with E-state index in [9.17, 15) is 24.3 Å². The van der Waals surface area contributed by atoms with Gasteiger partial charge in [0.15, 0.2) is 10.8 Å². The molecule has 202 valence electrons. The van der Waals surface area contributed by atoms with Crippen LogP contribution in [0.1, 0.15) is 19.5 Å². The van der Waals surface area contributed by atoms with Crippen LogP contribution in [-0.4, -0.2) is 93.2 Å². The number of amides is 3. The maximum atomic E-state index is 13.1. The molecule has 0 aromatic carbocycles. The van der Waals surface area contributed by atoms with Crippen molar-refractivity contribution >= 4 is 69.4 Å². The van der Waals surface area contributed by atoms with Crippen LogP contribution in [0.2, 0.25) is 0 Å². The molecule has 4 rings (SSSR count). The topological polar surface area (TPSA) is 260 Å². The lowest BCUT2D eigenvalue weighted by Crippen LogP contribution is -2.71. The van der Waals surface area contributed by atoms with E-state index in [4.69, 9.17) is 22.1 Å². The van der Waals surface area contributed by atoms with Crippen LogP contribution in [-0.2, 0) is 24.0 Å². The molecular weight excluding hydrogens is 562 g/mol. The number of nitrogens with two attached hydrogens (primary N) is 3. The van der Waals surface area contributed by atoms with E-state index in [1.807, 2.05) is 0 Å². The highest BCUT2D eigenvalue weighted by Gasteiger charge is 2.54. The average molecular weight is 584 g/mol. The van der Waals surface area contributed by atoms with E-state index in [0.717, 1.165) is 32.8 Å². The molecule has 4 heterocycles. The molecule has 2 aromatic rings. The third-order valence-corrected chi connectivity index (χ3v) is 8.35. The van der Waals surface area contributed by atoms with Crippen LogP contribution in [0.25, 0.3) is 0 Å². The molecule has 2 aliphatic rings. The molecule has 0 bridgehead atoms. The minimum absolute atomic E-state index is 0.0536. The smallest absolute Gasteiger partial charge is 0.352 e. The Balaban J connectivity index is 1.52. The summed E-state index contributed by atoms with van der Waals surface area (Å²) in [6, 6.07) is -1.06. The number of nitrogen functional groups attached to an aromatic ring is 2. The fourth-order valence-corrected chi connectivity index (χ4v) is 6.07. The molecule has 2 aliphatic heterocycles. The summed E-state index contributed by atoms with van der Waals surface area (Å²) in [5, 5.41) is 28.0. The molecule has 0 aliphatic carbocycles. The lowest BCUT2D eigenvalue weighted by atomic mass is 10.0. The van der Waals surface area contributed by atoms with Crippen LogP contribution in [0.4, 0.5) is 5.13 Å². The number of thioether (sulfide) groups is 2. The summed E-state index contributed by atoms with van der Waals surface area (Å²) in [5.41, 5.74) is 9.42. The minimum atomic E-state index is -1.54. The predicted molar refractivity (Wildman–Crippen MR) is 136 cm³/mol. The molecule has 2 aromatic heterocycles. The van der Waals surface area contributed by atoms with Crippen LogP contribution < -0.4 is 22.6 Å². The number of hydrogen-bond acceptors (Lipinski definition) is 15. The van der Waals surface area contributed by atoms with Crippen molar-refractivity contribution in [1.29, 1.82) is 0 Å². The Morgan fingerprint density at radius 1 is 1.39 bits per heavy atom. The highest BCUT2D eigenvalue weighted by molar-refractivity contribution is 8.01. The fraction of sp³-hybridized carbons (Fsp3) is 0.389. The number of oxime groups is 1. The van der Waals surface area contributed by atoms with E-state index in [0.29, 0.717) is 5.57 Å². The fourth-order valence-electron chi connectivity index (χ4n) is 3.24. The molecule has 1 saturated heterocycles. The number of tetrazole rings is 1. The summed E-state index contributed by atoms with van der Waals surface area (Å²) >= 11 is 3.43. The second-order valence-corrected chi connectivity index (χ2v) is 11.2. The first-order valence-electron chi connectivity index (χ1n) is 10.5. The second kappa shape index (κ2) is 10.5. The first kappa shape index (κ1) is 27.1. The number of hydrogen-bond donors (Lipinski definition) is 5. The van der Waals surface area contributed by atoms with Gasteiger partial charge in [0.25, 0.3) is 17.7 Å². The van der Waals surface area contributed by atoms with Crippen molar-refractivity contribution in [2.24, 2.45) is 10.9 Å². The van der Waals surface area contributed by atoms with Crippen molar-refractivity contribution in [1.82, 2.24) is 35.5 Å². The summed E-state index contributed by atoms with van der Waals surface area (Å²) in [4.78, 5) is 61.1. The zero-order chi connectivity index (χ0) is 27.8. The molecule has 20 heteroatoms. The molecule has 3 amide bonds. The quantitative estimate of drug-likeness (QED) is 0.0662. The summed E-state index contributed by atoms with van der Waals surface area (Å²) in [5.74, 6) is 2.44. The SMILES string of the molecule is CC(C)(O/N=C(\C(=O)N[C@@H]1C(=O)N2C(C(=O)O)=C(CSc3nnnn3N)CS[C@@H]12)c1csc(N)n1)C(N)=O. The number of rotatable bonds is 10. The zero-order valence-corrected chi connectivity index (χ0v) is 22.2. The second-order valence-electron chi connectivity index (χ2n) is 8.29. The number of carbonyl (C=O) groups excluding carboxylic acids is 3. The van der Waals surface area contributed by atoms with Crippen molar-refractivity contribution in [2.75, 3.05) is 23.1 Å². The average Bonchev–Trinajstić information content (AvgIpc) is 3.47.